The molecule has 1 aromatic rings. The number of carbonyl (C=O) groups excluding carboxylic acids is 1. The van der Waals surface area contributed by atoms with Crippen molar-refractivity contribution in [3.05, 3.63) is 21.3 Å². The average molecular weight is 259 g/mol. The molecule has 1 aliphatic rings. The lowest BCUT2D eigenvalue weighted by molar-refractivity contribution is 0.0492. The molecular formula is C12H15ClO2S. The van der Waals surface area contributed by atoms with Crippen LogP contribution in [0, 0.1) is 11.8 Å². The lowest BCUT2D eigenvalue weighted by atomic mass is 9.85. The van der Waals surface area contributed by atoms with Gasteiger partial charge in [0.2, 0.25) is 0 Å². The van der Waals surface area contributed by atoms with Crippen LogP contribution in [-0.4, -0.2) is 18.0 Å². The SMILES string of the molecule is CC1OC(C)C(C(=O)c2ccc(Cl)s2)C1C. The molecule has 16 heavy (non-hydrogen) atoms. The summed E-state index contributed by atoms with van der Waals surface area (Å²) in [5, 5.41) is 0. The molecule has 0 spiro atoms. The Kier molecular flexibility index (Phi) is 3.38. The van der Waals surface area contributed by atoms with Crippen LogP contribution in [0.5, 0.6) is 0 Å². The molecule has 4 unspecified atom stereocenters. The molecule has 1 aromatic heterocycles. The maximum atomic E-state index is 12.3. The molecule has 0 N–H and O–H groups in total. The van der Waals surface area contributed by atoms with Crippen LogP contribution in [-0.2, 0) is 4.74 Å². The van der Waals surface area contributed by atoms with Crippen molar-refractivity contribution >= 4 is 28.7 Å². The topological polar surface area (TPSA) is 26.3 Å². The highest BCUT2D eigenvalue weighted by atomic mass is 35.5. The number of halogens is 1. The van der Waals surface area contributed by atoms with Gasteiger partial charge in [-0.05, 0) is 31.9 Å². The van der Waals surface area contributed by atoms with Gasteiger partial charge in [-0.1, -0.05) is 18.5 Å². The fourth-order valence-electron chi connectivity index (χ4n) is 2.33. The number of ether oxygens (including phenoxy) is 1. The highest BCUT2D eigenvalue weighted by Crippen LogP contribution is 2.36. The fraction of sp³-hybridized carbons (Fsp3) is 0.583. The summed E-state index contributed by atoms with van der Waals surface area (Å²) >= 11 is 7.20. The van der Waals surface area contributed by atoms with E-state index in [9.17, 15) is 4.79 Å². The summed E-state index contributed by atoms with van der Waals surface area (Å²) in [5.41, 5.74) is 0. The number of thiophene rings is 1. The van der Waals surface area contributed by atoms with Crippen LogP contribution in [0.2, 0.25) is 4.34 Å². The molecule has 1 saturated heterocycles. The largest absolute Gasteiger partial charge is 0.374 e. The van der Waals surface area contributed by atoms with Crippen LogP contribution in [0.15, 0.2) is 12.1 Å². The predicted octanol–water partition coefficient (Wildman–Crippen LogP) is 3.64. The van der Waals surface area contributed by atoms with Crippen LogP contribution in [0.25, 0.3) is 0 Å². The summed E-state index contributed by atoms with van der Waals surface area (Å²) < 4.78 is 6.35. The second-order valence-electron chi connectivity index (χ2n) is 4.40. The van der Waals surface area contributed by atoms with Gasteiger partial charge in [0, 0.05) is 0 Å². The Labute approximate surface area is 105 Å². The van der Waals surface area contributed by atoms with Crippen molar-refractivity contribution in [1.82, 2.24) is 0 Å². The lowest BCUT2D eigenvalue weighted by Crippen LogP contribution is -2.26. The Morgan fingerprint density at radius 3 is 2.44 bits per heavy atom. The van der Waals surface area contributed by atoms with Crippen molar-refractivity contribution < 1.29 is 9.53 Å². The first-order valence-corrected chi connectivity index (χ1v) is 6.65. The summed E-state index contributed by atoms with van der Waals surface area (Å²) in [5.74, 6) is 0.398. The number of hydrogen-bond acceptors (Lipinski definition) is 3. The number of ketones is 1. The predicted molar refractivity (Wildman–Crippen MR) is 66.3 cm³/mol. The van der Waals surface area contributed by atoms with Gasteiger partial charge < -0.3 is 4.74 Å². The van der Waals surface area contributed by atoms with Crippen molar-refractivity contribution in [3.8, 4) is 0 Å². The monoisotopic (exact) mass is 258 g/mol. The van der Waals surface area contributed by atoms with Crippen molar-refractivity contribution in [3.63, 3.8) is 0 Å². The highest BCUT2D eigenvalue weighted by molar-refractivity contribution is 7.18. The van der Waals surface area contributed by atoms with Gasteiger partial charge in [-0.15, -0.1) is 11.3 Å². The van der Waals surface area contributed by atoms with Crippen LogP contribution < -0.4 is 0 Å². The van der Waals surface area contributed by atoms with E-state index >= 15 is 0 Å². The van der Waals surface area contributed by atoms with Gasteiger partial charge in [0.05, 0.1) is 27.3 Å². The first-order chi connectivity index (χ1) is 7.50. The van der Waals surface area contributed by atoms with Gasteiger partial charge in [0.1, 0.15) is 0 Å². The van der Waals surface area contributed by atoms with Gasteiger partial charge in [-0.2, -0.15) is 0 Å². The van der Waals surface area contributed by atoms with Crippen molar-refractivity contribution in [2.75, 3.05) is 0 Å². The molecule has 1 aliphatic heterocycles. The second kappa shape index (κ2) is 4.47. The van der Waals surface area contributed by atoms with Gasteiger partial charge in [-0.25, -0.2) is 0 Å². The molecular weight excluding hydrogens is 244 g/mol. The third-order valence-electron chi connectivity index (χ3n) is 3.36. The molecule has 2 nitrogen and oxygen atoms in total. The van der Waals surface area contributed by atoms with E-state index in [0.29, 0.717) is 4.34 Å². The molecule has 4 heteroatoms. The molecule has 88 valence electrons. The minimum Gasteiger partial charge on any atom is -0.374 e. The molecule has 0 aliphatic carbocycles. The number of Topliss-reactive ketones (excluding diaryl/α,β-unsaturated/α-hetero) is 1. The Hall–Kier alpha value is -0.380. The molecule has 0 saturated carbocycles. The van der Waals surface area contributed by atoms with E-state index in [4.69, 9.17) is 16.3 Å². The zero-order chi connectivity index (χ0) is 11.9. The molecule has 2 heterocycles. The Bertz CT molecular complexity index is 401. The van der Waals surface area contributed by atoms with E-state index in [-0.39, 0.29) is 29.8 Å². The van der Waals surface area contributed by atoms with E-state index in [1.54, 1.807) is 12.1 Å². The zero-order valence-electron chi connectivity index (χ0n) is 9.57. The molecule has 0 amide bonds. The third kappa shape index (κ3) is 2.04. The summed E-state index contributed by atoms with van der Waals surface area (Å²) in [7, 11) is 0. The van der Waals surface area contributed by atoms with Gasteiger partial charge in [0.25, 0.3) is 0 Å². The van der Waals surface area contributed by atoms with Crippen molar-refractivity contribution in [1.29, 1.82) is 0 Å². The van der Waals surface area contributed by atoms with Crippen molar-refractivity contribution in [2.24, 2.45) is 11.8 Å². The highest BCUT2D eigenvalue weighted by Gasteiger charge is 2.42. The Balaban J connectivity index is 2.22. The Morgan fingerprint density at radius 1 is 1.31 bits per heavy atom. The van der Waals surface area contributed by atoms with Crippen LogP contribution >= 0.6 is 22.9 Å². The number of rotatable bonds is 2. The first kappa shape index (κ1) is 12.1. The smallest absolute Gasteiger partial charge is 0.178 e. The maximum absolute atomic E-state index is 12.3. The average Bonchev–Trinajstić information content (AvgIpc) is 2.73. The molecule has 0 aromatic carbocycles. The number of carbonyl (C=O) groups is 1. The van der Waals surface area contributed by atoms with Crippen LogP contribution in [0.3, 0.4) is 0 Å². The van der Waals surface area contributed by atoms with E-state index in [0.717, 1.165) is 4.88 Å². The van der Waals surface area contributed by atoms with E-state index < -0.39 is 0 Å². The quantitative estimate of drug-likeness (QED) is 0.757. The maximum Gasteiger partial charge on any atom is 0.178 e. The lowest BCUT2D eigenvalue weighted by Gasteiger charge is -2.15. The number of hydrogen-bond donors (Lipinski definition) is 0. The molecule has 2 rings (SSSR count). The first-order valence-electron chi connectivity index (χ1n) is 5.45. The standard InChI is InChI=1S/C12H15ClO2S/c1-6-7(2)15-8(3)11(6)12(14)9-4-5-10(13)16-9/h4-8,11H,1-3H3. The molecule has 1 fully saturated rings. The van der Waals surface area contributed by atoms with E-state index in [1.807, 2.05) is 13.8 Å². The summed E-state index contributed by atoms with van der Waals surface area (Å²) in [6, 6.07) is 3.58. The summed E-state index contributed by atoms with van der Waals surface area (Å²) in [6.45, 7) is 6.07. The van der Waals surface area contributed by atoms with Crippen LogP contribution in [0.1, 0.15) is 30.4 Å². The summed E-state index contributed by atoms with van der Waals surface area (Å²) in [4.78, 5) is 13.0. The third-order valence-corrected chi connectivity index (χ3v) is 4.61. The summed E-state index contributed by atoms with van der Waals surface area (Å²) in [6.07, 6.45) is 0.151. The molecule has 0 bridgehead atoms. The van der Waals surface area contributed by atoms with Gasteiger partial charge >= 0.3 is 0 Å². The van der Waals surface area contributed by atoms with E-state index in [1.165, 1.54) is 11.3 Å². The van der Waals surface area contributed by atoms with Gasteiger partial charge in [-0.3, -0.25) is 4.79 Å². The van der Waals surface area contributed by atoms with Crippen molar-refractivity contribution in [2.45, 2.75) is 33.0 Å². The normalized spacial score (nSPS) is 34.2. The fourth-order valence-corrected chi connectivity index (χ4v) is 3.36. The Morgan fingerprint density at radius 2 is 2.00 bits per heavy atom. The van der Waals surface area contributed by atoms with E-state index in [2.05, 4.69) is 6.92 Å². The molecule has 4 atom stereocenters. The molecule has 0 radical (unpaired) electrons. The zero-order valence-corrected chi connectivity index (χ0v) is 11.1. The minimum atomic E-state index is -0.0373. The minimum absolute atomic E-state index is 0.00150. The second-order valence-corrected chi connectivity index (χ2v) is 6.11. The van der Waals surface area contributed by atoms with Crippen LogP contribution in [0.4, 0.5) is 0 Å². The van der Waals surface area contributed by atoms with Gasteiger partial charge in [0.15, 0.2) is 5.78 Å².